The van der Waals surface area contributed by atoms with Gasteiger partial charge in [0.2, 0.25) is 5.91 Å². The number of urea groups is 1. The van der Waals surface area contributed by atoms with Crippen LogP contribution in [0.4, 0.5) is 10.5 Å². The van der Waals surface area contributed by atoms with E-state index in [1.165, 1.54) is 10.5 Å². The maximum atomic E-state index is 11.6. The van der Waals surface area contributed by atoms with Crippen LogP contribution in [0.25, 0.3) is 0 Å². The van der Waals surface area contributed by atoms with Crippen LogP contribution in [0.15, 0.2) is 24.3 Å². The Morgan fingerprint density at radius 2 is 2.05 bits per heavy atom. The van der Waals surface area contributed by atoms with E-state index >= 15 is 0 Å². The van der Waals surface area contributed by atoms with E-state index in [9.17, 15) is 9.59 Å². The summed E-state index contributed by atoms with van der Waals surface area (Å²) in [5.41, 5.74) is 8.46. The molecule has 1 unspecified atom stereocenters. The topological polar surface area (TPSA) is 78.7 Å². The SMILES string of the molecule is NC1Cc2ccccc2N(CCN2C(=O)CNC2=O)C1. The van der Waals surface area contributed by atoms with Crippen molar-refractivity contribution in [2.24, 2.45) is 5.73 Å². The number of nitrogens with one attached hydrogen (secondary N) is 1. The zero-order valence-corrected chi connectivity index (χ0v) is 11.2. The highest BCUT2D eigenvalue weighted by atomic mass is 16.2. The van der Waals surface area contributed by atoms with Crippen molar-refractivity contribution in [2.75, 3.05) is 31.1 Å². The van der Waals surface area contributed by atoms with Gasteiger partial charge in [0.1, 0.15) is 0 Å². The maximum absolute atomic E-state index is 11.6. The Hall–Kier alpha value is -2.08. The third-order valence-electron chi connectivity index (χ3n) is 3.80. The van der Waals surface area contributed by atoms with Gasteiger partial charge in [-0.3, -0.25) is 9.69 Å². The molecule has 3 N–H and O–H groups in total. The number of rotatable bonds is 3. The molecule has 1 fully saturated rings. The van der Waals surface area contributed by atoms with Gasteiger partial charge in [-0.15, -0.1) is 0 Å². The summed E-state index contributed by atoms with van der Waals surface area (Å²) < 4.78 is 0. The standard InChI is InChI=1S/C14H18N4O2/c15-11-7-10-3-1-2-4-12(10)17(9-11)5-6-18-13(19)8-16-14(18)20/h1-4,11H,5-9,15H2,(H,16,20). The summed E-state index contributed by atoms with van der Waals surface area (Å²) in [6.45, 7) is 1.87. The normalized spacial score (nSPS) is 21.9. The second-order valence-electron chi connectivity index (χ2n) is 5.24. The van der Waals surface area contributed by atoms with Crippen LogP contribution in [0.1, 0.15) is 5.56 Å². The molecule has 0 spiro atoms. The van der Waals surface area contributed by atoms with E-state index < -0.39 is 0 Å². The monoisotopic (exact) mass is 274 g/mol. The van der Waals surface area contributed by atoms with Crippen LogP contribution in [-0.2, 0) is 11.2 Å². The molecule has 106 valence electrons. The van der Waals surface area contributed by atoms with Crippen LogP contribution in [0.2, 0.25) is 0 Å². The minimum Gasteiger partial charge on any atom is -0.368 e. The van der Waals surface area contributed by atoms with Crippen molar-refractivity contribution >= 4 is 17.6 Å². The summed E-state index contributed by atoms with van der Waals surface area (Å²) in [7, 11) is 0. The van der Waals surface area contributed by atoms with Crippen molar-refractivity contribution < 1.29 is 9.59 Å². The van der Waals surface area contributed by atoms with Gasteiger partial charge in [0.15, 0.2) is 0 Å². The zero-order valence-electron chi connectivity index (χ0n) is 11.2. The Kier molecular flexibility index (Phi) is 3.31. The number of para-hydroxylation sites is 1. The van der Waals surface area contributed by atoms with Crippen molar-refractivity contribution in [2.45, 2.75) is 12.5 Å². The minimum atomic E-state index is -0.301. The molecule has 1 saturated heterocycles. The molecule has 0 aliphatic carbocycles. The van der Waals surface area contributed by atoms with Crippen LogP contribution in [0, 0.1) is 0 Å². The molecule has 0 bridgehead atoms. The smallest absolute Gasteiger partial charge is 0.324 e. The number of nitrogens with two attached hydrogens (primary N) is 1. The predicted molar refractivity (Wildman–Crippen MR) is 75.4 cm³/mol. The summed E-state index contributed by atoms with van der Waals surface area (Å²) in [5, 5.41) is 2.53. The molecule has 1 aromatic rings. The third-order valence-corrected chi connectivity index (χ3v) is 3.80. The van der Waals surface area contributed by atoms with Gasteiger partial charge in [0, 0.05) is 31.4 Å². The fourth-order valence-electron chi connectivity index (χ4n) is 2.83. The number of fused-ring (bicyclic) bond motifs is 1. The molecular formula is C14H18N4O2. The van der Waals surface area contributed by atoms with Crippen molar-refractivity contribution in [3.05, 3.63) is 29.8 Å². The molecule has 0 radical (unpaired) electrons. The van der Waals surface area contributed by atoms with Gasteiger partial charge in [-0.05, 0) is 18.1 Å². The largest absolute Gasteiger partial charge is 0.368 e. The van der Waals surface area contributed by atoms with Crippen LogP contribution in [0.3, 0.4) is 0 Å². The summed E-state index contributed by atoms with van der Waals surface area (Å²) in [5.74, 6) is -0.162. The van der Waals surface area contributed by atoms with Crippen molar-refractivity contribution in [1.82, 2.24) is 10.2 Å². The summed E-state index contributed by atoms with van der Waals surface area (Å²) in [4.78, 5) is 26.5. The Labute approximate surface area is 117 Å². The molecule has 1 aromatic carbocycles. The van der Waals surface area contributed by atoms with Gasteiger partial charge >= 0.3 is 6.03 Å². The number of carbonyl (C=O) groups is 2. The summed E-state index contributed by atoms with van der Waals surface area (Å²) in [6.07, 6.45) is 0.871. The average Bonchev–Trinajstić information content (AvgIpc) is 2.75. The molecule has 0 aromatic heterocycles. The molecule has 6 nitrogen and oxygen atoms in total. The Morgan fingerprint density at radius 1 is 1.25 bits per heavy atom. The van der Waals surface area contributed by atoms with Crippen molar-refractivity contribution in [3.63, 3.8) is 0 Å². The van der Waals surface area contributed by atoms with E-state index in [1.54, 1.807) is 0 Å². The maximum Gasteiger partial charge on any atom is 0.324 e. The van der Waals surface area contributed by atoms with Crippen molar-refractivity contribution in [3.8, 4) is 0 Å². The highest BCUT2D eigenvalue weighted by Crippen LogP contribution is 2.26. The molecule has 2 heterocycles. The number of benzene rings is 1. The first-order valence-electron chi connectivity index (χ1n) is 6.82. The second-order valence-corrected chi connectivity index (χ2v) is 5.24. The number of hydrogen-bond donors (Lipinski definition) is 2. The lowest BCUT2D eigenvalue weighted by molar-refractivity contribution is -0.124. The van der Waals surface area contributed by atoms with E-state index in [1.807, 2.05) is 12.1 Å². The number of amides is 3. The van der Waals surface area contributed by atoms with Gasteiger partial charge in [0.05, 0.1) is 6.54 Å². The van der Waals surface area contributed by atoms with Crippen LogP contribution in [0.5, 0.6) is 0 Å². The second kappa shape index (κ2) is 5.13. The lowest BCUT2D eigenvalue weighted by atomic mass is 9.98. The molecule has 0 saturated carbocycles. The quantitative estimate of drug-likeness (QED) is 0.756. The first-order valence-corrected chi connectivity index (χ1v) is 6.82. The van der Waals surface area contributed by atoms with Gasteiger partial charge in [-0.2, -0.15) is 0 Å². The Bertz CT molecular complexity index is 530. The first kappa shape index (κ1) is 12.9. The van der Waals surface area contributed by atoms with Gasteiger partial charge in [-0.1, -0.05) is 18.2 Å². The molecule has 2 aliphatic heterocycles. The molecule has 20 heavy (non-hydrogen) atoms. The first-order chi connectivity index (χ1) is 9.65. The summed E-state index contributed by atoms with van der Waals surface area (Å²) in [6, 6.07) is 7.93. The van der Waals surface area contributed by atoms with Crippen molar-refractivity contribution in [1.29, 1.82) is 0 Å². The number of nitrogens with zero attached hydrogens (tertiary/aromatic N) is 2. The zero-order chi connectivity index (χ0) is 14.1. The third kappa shape index (κ3) is 2.34. The van der Waals surface area contributed by atoms with E-state index in [4.69, 9.17) is 5.73 Å². The molecule has 6 heteroatoms. The van der Waals surface area contributed by atoms with Crippen LogP contribution in [-0.4, -0.2) is 49.1 Å². The van der Waals surface area contributed by atoms with Gasteiger partial charge in [0.25, 0.3) is 0 Å². The highest BCUT2D eigenvalue weighted by molar-refractivity contribution is 6.01. The number of hydrogen-bond acceptors (Lipinski definition) is 4. The fraction of sp³-hybridized carbons (Fsp3) is 0.429. The lowest BCUT2D eigenvalue weighted by Crippen LogP contribution is -2.47. The van der Waals surface area contributed by atoms with E-state index in [-0.39, 0.29) is 24.5 Å². The van der Waals surface area contributed by atoms with Gasteiger partial charge in [-0.25, -0.2) is 4.79 Å². The van der Waals surface area contributed by atoms with E-state index in [0.717, 1.165) is 18.7 Å². The molecule has 3 amide bonds. The fourth-order valence-corrected chi connectivity index (χ4v) is 2.83. The number of carbonyl (C=O) groups excluding carboxylic acids is 2. The van der Waals surface area contributed by atoms with E-state index in [2.05, 4.69) is 22.3 Å². The predicted octanol–water partition coefficient (Wildman–Crippen LogP) is -0.0718. The Morgan fingerprint density at radius 3 is 2.80 bits per heavy atom. The van der Waals surface area contributed by atoms with Crippen LogP contribution < -0.4 is 16.0 Å². The molecule has 1 atom stereocenters. The van der Waals surface area contributed by atoms with Gasteiger partial charge < -0.3 is 16.0 Å². The minimum absolute atomic E-state index is 0.0907. The molecule has 2 aliphatic rings. The average molecular weight is 274 g/mol. The van der Waals surface area contributed by atoms with Crippen LogP contribution >= 0.6 is 0 Å². The van der Waals surface area contributed by atoms with E-state index in [0.29, 0.717) is 13.1 Å². The number of anilines is 1. The highest BCUT2D eigenvalue weighted by Gasteiger charge is 2.29. The summed E-state index contributed by atoms with van der Waals surface area (Å²) >= 11 is 0. The molecular weight excluding hydrogens is 256 g/mol. The molecule has 3 rings (SSSR count). The lowest BCUT2D eigenvalue weighted by Gasteiger charge is -2.35. The Balaban J connectivity index is 1.71. The number of imide groups is 1.